The van der Waals surface area contributed by atoms with Gasteiger partial charge in [-0.1, -0.05) is 18.2 Å². The average Bonchev–Trinajstić information content (AvgIpc) is 2.29. The molecule has 0 atom stereocenters. The Bertz CT molecular complexity index is 413. The van der Waals surface area contributed by atoms with Crippen molar-refractivity contribution in [3.05, 3.63) is 29.8 Å². The van der Waals surface area contributed by atoms with Gasteiger partial charge in [0, 0.05) is 5.69 Å². The van der Waals surface area contributed by atoms with Crippen molar-refractivity contribution in [2.75, 3.05) is 11.9 Å². The summed E-state index contributed by atoms with van der Waals surface area (Å²) in [5.41, 5.74) is 2.01. The topological polar surface area (TPSA) is 50.7 Å². The van der Waals surface area contributed by atoms with Gasteiger partial charge in [-0.05, 0) is 18.6 Å². The first-order chi connectivity index (χ1) is 7.31. The van der Waals surface area contributed by atoms with Crippen molar-refractivity contribution in [2.24, 2.45) is 4.99 Å². The number of rotatable bonds is 2. The summed E-state index contributed by atoms with van der Waals surface area (Å²) < 4.78 is 4.86. The number of benzene rings is 1. The monoisotopic (exact) mass is 204 g/mol. The van der Waals surface area contributed by atoms with Crippen molar-refractivity contribution in [3.63, 3.8) is 0 Å². The molecule has 0 radical (unpaired) electrons. The SMILES string of the molecule is CCOC(=O)C1=NCc2ccccc2N1. The smallest absolute Gasteiger partial charge is 0.373 e. The lowest BCUT2D eigenvalue weighted by molar-refractivity contribution is -0.135. The van der Waals surface area contributed by atoms with Gasteiger partial charge in [0.15, 0.2) is 0 Å². The van der Waals surface area contributed by atoms with E-state index in [9.17, 15) is 4.79 Å². The molecule has 15 heavy (non-hydrogen) atoms. The molecule has 2 rings (SSSR count). The zero-order valence-corrected chi connectivity index (χ0v) is 8.49. The molecule has 0 saturated carbocycles. The lowest BCUT2D eigenvalue weighted by Crippen LogP contribution is -2.28. The summed E-state index contributed by atoms with van der Waals surface area (Å²) in [5.74, 6) is -0.109. The maximum absolute atomic E-state index is 11.4. The molecule has 1 aliphatic heterocycles. The molecule has 78 valence electrons. The Morgan fingerprint density at radius 3 is 3.13 bits per heavy atom. The maximum atomic E-state index is 11.4. The van der Waals surface area contributed by atoms with E-state index in [-0.39, 0.29) is 5.84 Å². The Hall–Kier alpha value is -1.84. The third-order valence-electron chi connectivity index (χ3n) is 2.15. The van der Waals surface area contributed by atoms with Crippen LogP contribution in [0.2, 0.25) is 0 Å². The number of ether oxygens (including phenoxy) is 1. The van der Waals surface area contributed by atoms with Gasteiger partial charge in [-0.25, -0.2) is 4.79 Å². The Labute approximate surface area is 88.0 Å². The van der Waals surface area contributed by atoms with E-state index in [1.165, 1.54) is 0 Å². The number of hydrogen-bond donors (Lipinski definition) is 1. The number of amidine groups is 1. The number of hydrogen-bond acceptors (Lipinski definition) is 4. The third-order valence-corrected chi connectivity index (χ3v) is 2.15. The summed E-state index contributed by atoms with van der Waals surface area (Å²) in [6.45, 7) is 2.66. The second kappa shape index (κ2) is 4.13. The van der Waals surface area contributed by atoms with Crippen molar-refractivity contribution in [1.29, 1.82) is 0 Å². The summed E-state index contributed by atoms with van der Waals surface area (Å²) in [6.07, 6.45) is 0. The molecule has 4 nitrogen and oxygen atoms in total. The van der Waals surface area contributed by atoms with E-state index in [2.05, 4.69) is 10.3 Å². The number of carbonyl (C=O) groups excluding carboxylic acids is 1. The molecule has 1 aromatic rings. The van der Waals surface area contributed by atoms with Gasteiger partial charge < -0.3 is 10.1 Å². The van der Waals surface area contributed by atoms with Crippen LogP contribution in [0.25, 0.3) is 0 Å². The minimum atomic E-state index is -0.396. The molecule has 0 saturated heterocycles. The minimum Gasteiger partial charge on any atom is -0.460 e. The summed E-state index contributed by atoms with van der Waals surface area (Å²) in [7, 11) is 0. The van der Waals surface area contributed by atoms with Crippen LogP contribution >= 0.6 is 0 Å². The minimum absolute atomic E-state index is 0.288. The number of para-hydroxylation sites is 1. The quantitative estimate of drug-likeness (QED) is 0.744. The Morgan fingerprint density at radius 1 is 1.53 bits per heavy atom. The van der Waals surface area contributed by atoms with Gasteiger partial charge in [0.2, 0.25) is 5.84 Å². The summed E-state index contributed by atoms with van der Waals surface area (Å²) in [6, 6.07) is 7.77. The highest BCUT2D eigenvalue weighted by Gasteiger charge is 2.17. The van der Waals surface area contributed by atoms with E-state index in [4.69, 9.17) is 4.74 Å². The number of anilines is 1. The van der Waals surface area contributed by atoms with E-state index >= 15 is 0 Å². The first-order valence-corrected chi connectivity index (χ1v) is 4.87. The molecule has 0 amide bonds. The van der Waals surface area contributed by atoms with Crippen LogP contribution in [0.3, 0.4) is 0 Å². The fraction of sp³-hybridized carbons (Fsp3) is 0.273. The van der Waals surface area contributed by atoms with Crippen LogP contribution in [-0.2, 0) is 16.1 Å². The second-order valence-electron chi connectivity index (χ2n) is 3.17. The van der Waals surface area contributed by atoms with Gasteiger partial charge >= 0.3 is 5.97 Å². The average molecular weight is 204 g/mol. The standard InChI is InChI=1S/C11H12N2O2/c1-2-15-11(14)10-12-7-8-5-3-4-6-9(8)13-10/h3-6H,2,7H2,1H3,(H,12,13). The summed E-state index contributed by atoms with van der Waals surface area (Å²) in [5, 5.41) is 2.96. The molecular weight excluding hydrogens is 192 g/mol. The molecule has 0 aliphatic carbocycles. The number of carbonyl (C=O) groups is 1. The highest BCUT2D eigenvalue weighted by atomic mass is 16.5. The molecule has 0 bridgehead atoms. The predicted octanol–water partition coefficient (Wildman–Crippen LogP) is 1.57. The number of esters is 1. The van der Waals surface area contributed by atoms with Crippen molar-refractivity contribution in [1.82, 2.24) is 0 Å². The molecule has 0 unspecified atom stereocenters. The van der Waals surface area contributed by atoms with Crippen LogP contribution < -0.4 is 5.32 Å². The molecule has 0 fully saturated rings. The highest BCUT2D eigenvalue weighted by Crippen LogP contribution is 2.19. The van der Waals surface area contributed by atoms with Crippen molar-refractivity contribution in [3.8, 4) is 0 Å². The van der Waals surface area contributed by atoms with Crippen LogP contribution in [0.4, 0.5) is 5.69 Å². The number of aliphatic imine (C=N–C) groups is 1. The Morgan fingerprint density at radius 2 is 2.33 bits per heavy atom. The lowest BCUT2D eigenvalue weighted by atomic mass is 10.1. The van der Waals surface area contributed by atoms with E-state index in [1.54, 1.807) is 6.92 Å². The first-order valence-electron chi connectivity index (χ1n) is 4.87. The molecule has 0 spiro atoms. The molecule has 0 aromatic heterocycles. The van der Waals surface area contributed by atoms with Gasteiger partial charge in [0.1, 0.15) is 0 Å². The first kappa shape index (κ1) is 9.71. The molecular formula is C11H12N2O2. The normalized spacial score (nSPS) is 13.5. The zero-order valence-electron chi connectivity index (χ0n) is 8.49. The van der Waals surface area contributed by atoms with E-state index in [1.807, 2.05) is 24.3 Å². The van der Waals surface area contributed by atoms with E-state index in [0.29, 0.717) is 13.2 Å². The van der Waals surface area contributed by atoms with Gasteiger partial charge in [0.05, 0.1) is 13.2 Å². The van der Waals surface area contributed by atoms with Gasteiger partial charge in [0.25, 0.3) is 0 Å². The summed E-state index contributed by atoms with van der Waals surface area (Å²) in [4.78, 5) is 15.5. The predicted molar refractivity (Wildman–Crippen MR) is 57.8 cm³/mol. The van der Waals surface area contributed by atoms with Crippen LogP contribution in [0.1, 0.15) is 12.5 Å². The third kappa shape index (κ3) is 1.98. The van der Waals surface area contributed by atoms with Crippen LogP contribution in [0, 0.1) is 0 Å². The largest absolute Gasteiger partial charge is 0.460 e. The second-order valence-corrected chi connectivity index (χ2v) is 3.17. The maximum Gasteiger partial charge on any atom is 0.373 e. The van der Waals surface area contributed by atoms with E-state index < -0.39 is 5.97 Å². The summed E-state index contributed by atoms with van der Waals surface area (Å²) >= 11 is 0. The Kier molecular flexibility index (Phi) is 2.67. The number of nitrogens with one attached hydrogen (secondary N) is 1. The molecule has 1 heterocycles. The van der Waals surface area contributed by atoms with Crippen LogP contribution in [-0.4, -0.2) is 18.4 Å². The Balaban J connectivity index is 2.16. The van der Waals surface area contributed by atoms with Crippen LogP contribution in [0.5, 0.6) is 0 Å². The zero-order chi connectivity index (χ0) is 10.7. The van der Waals surface area contributed by atoms with E-state index in [0.717, 1.165) is 11.3 Å². The van der Waals surface area contributed by atoms with Gasteiger partial charge in [-0.15, -0.1) is 0 Å². The number of nitrogens with zero attached hydrogens (tertiary/aromatic N) is 1. The van der Waals surface area contributed by atoms with Crippen LogP contribution in [0.15, 0.2) is 29.3 Å². The van der Waals surface area contributed by atoms with Gasteiger partial charge in [-0.2, -0.15) is 0 Å². The molecule has 1 aromatic carbocycles. The molecule has 1 aliphatic rings. The fourth-order valence-electron chi connectivity index (χ4n) is 1.43. The van der Waals surface area contributed by atoms with Crippen molar-refractivity contribution < 1.29 is 9.53 Å². The lowest BCUT2D eigenvalue weighted by Gasteiger charge is -2.16. The van der Waals surface area contributed by atoms with Crippen molar-refractivity contribution in [2.45, 2.75) is 13.5 Å². The fourth-order valence-corrected chi connectivity index (χ4v) is 1.43. The highest BCUT2D eigenvalue weighted by molar-refractivity contribution is 6.40. The number of fused-ring (bicyclic) bond motifs is 1. The molecule has 4 heteroatoms. The van der Waals surface area contributed by atoms with Gasteiger partial charge in [-0.3, -0.25) is 4.99 Å². The molecule has 1 N–H and O–H groups in total. The van der Waals surface area contributed by atoms with Crippen molar-refractivity contribution >= 4 is 17.5 Å².